The quantitative estimate of drug-likeness (QED) is 0.756. The number of aromatic nitrogens is 3. The van der Waals surface area contributed by atoms with Crippen LogP contribution in [-0.2, 0) is 6.54 Å². The summed E-state index contributed by atoms with van der Waals surface area (Å²) in [4.78, 5) is 23.6. The minimum absolute atomic E-state index is 0.0979. The molecule has 2 aromatic heterocycles. The first-order valence-corrected chi connectivity index (χ1v) is 8.90. The molecular formula is C19H27F3N5O2+. The first kappa shape index (κ1) is 24.3. The summed E-state index contributed by atoms with van der Waals surface area (Å²) in [6.07, 6.45) is -2.57. The van der Waals surface area contributed by atoms with Gasteiger partial charge in [-0.3, -0.25) is 4.79 Å². The molecule has 0 saturated heterocycles. The zero-order valence-electron chi connectivity index (χ0n) is 17.0. The standard InChI is InChI=1S/C15H15F3N4O2.C4H11N/c1-10-6-12(22-9-21-10)14(23)20-8-11-2-3-13(19-7-11)24-5-4-15(16,17)18;1-4(2,3)5/h2-3,6-7,9H,4-5,8H2,1H3,(H,20,23);5H2,1-3H3/p+1. The van der Waals surface area contributed by atoms with Gasteiger partial charge in [0.15, 0.2) is 0 Å². The lowest BCUT2D eigenvalue weighted by Gasteiger charge is -2.09. The second-order valence-electron chi connectivity index (χ2n) is 7.51. The summed E-state index contributed by atoms with van der Waals surface area (Å²) < 4.78 is 41.0. The molecule has 0 atom stereocenters. The van der Waals surface area contributed by atoms with E-state index in [0.29, 0.717) is 11.3 Å². The Morgan fingerprint density at radius 3 is 2.34 bits per heavy atom. The topological polar surface area (TPSA) is 105 Å². The molecule has 0 unspecified atom stereocenters. The highest BCUT2D eigenvalue weighted by Crippen LogP contribution is 2.19. The number of carbonyl (C=O) groups excluding carboxylic acids is 1. The Kier molecular flexibility index (Phi) is 8.96. The van der Waals surface area contributed by atoms with Crippen LogP contribution in [-0.4, -0.2) is 39.2 Å². The van der Waals surface area contributed by atoms with Crippen molar-refractivity contribution in [1.82, 2.24) is 20.3 Å². The van der Waals surface area contributed by atoms with Crippen LogP contribution in [0.4, 0.5) is 13.2 Å². The average molecular weight is 414 g/mol. The monoisotopic (exact) mass is 414 g/mol. The van der Waals surface area contributed by atoms with E-state index in [9.17, 15) is 18.0 Å². The van der Waals surface area contributed by atoms with Crippen molar-refractivity contribution in [2.24, 2.45) is 0 Å². The Morgan fingerprint density at radius 1 is 1.17 bits per heavy atom. The number of alkyl halides is 3. The summed E-state index contributed by atoms with van der Waals surface area (Å²) in [5, 5.41) is 2.67. The van der Waals surface area contributed by atoms with Gasteiger partial charge in [0.05, 0.1) is 18.6 Å². The van der Waals surface area contributed by atoms with Gasteiger partial charge in [0.2, 0.25) is 5.88 Å². The largest absolute Gasteiger partial charge is 0.477 e. The van der Waals surface area contributed by atoms with Gasteiger partial charge in [-0.25, -0.2) is 15.0 Å². The number of hydrogen-bond acceptors (Lipinski definition) is 5. The SMILES string of the molecule is CC(C)(C)[NH3+].Cc1cc(C(=O)NCc2ccc(OCCC(F)(F)F)nc2)ncn1. The molecule has 29 heavy (non-hydrogen) atoms. The third kappa shape index (κ3) is 12.3. The maximum Gasteiger partial charge on any atom is 0.392 e. The van der Waals surface area contributed by atoms with Crippen molar-refractivity contribution >= 4 is 5.91 Å². The third-order valence-electron chi connectivity index (χ3n) is 2.92. The van der Waals surface area contributed by atoms with E-state index in [2.05, 4.69) is 46.8 Å². The van der Waals surface area contributed by atoms with Crippen LogP contribution >= 0.6 is 0 Å². The van der Waals surface area contributed by atoms with Gasteiger partial charge in [-0.1, -0.05) is 6.07 Å². The Morgan fingerprint density at radius 2 is 1.83 bits per heavy atom. The second-order valence-corrected chi connectivity index (χ2v) is 7.51. The van der Waals surface area contributed by atoms with Crippen LogP contribution in [0.25, 0.3) is 0 Å². The molecule has 0 aromatic carbocycles. The van der Waals surface area contributed by atoms with Crippen molar-refractivity contribution in [3.63, 3.8) is 0 Å². The smallest absolute Gasteiger partial charge is 0.392 e. The summed E-state index contributed by atoms with van der Waals surface area (Å²) in [5.41, 5.74) is 5.63. The lowest BCUT2D eigenvalue weighted by atomic mass is 10.1. The van der Waals surface area contributed by atoms with E-state index in [4.69, 9.17) is 4.74 Å². The van der Waals surface area contributed by atoms with Crippen LogP contribution in [0.3, 0.4) is 0 Å². The number of nitrogens with zero attached hydrogens (tertiary/aromatic N) is 3. The van der Waals surface area contributed by atoms with Crippen molar-refractivity contribution in [3.8, 4) is 5.88 Å². The fraction of sp³-hybridized carbons (Fsp3) is 0.474. The molecule has 0 fully saturated rings. The molecule has 0 radical (unpaired) electrons. The number of nitrogens with one attached hydrogen (secondary N) is 1. The normalized spacial score (nSPS) is 11.3. The Labute approximate surface area is 167 Å². The number of halogens is 3. The number of quaternary nitrogens is 1. The maximum absolute atomic E-state index is 12.0. The molecule has 0 bridgehead atoms. The Hall–Kier alpha value is -2.75. The Bertz CT molecular complexity index is 769. The molecule has 0 saturated carbocycles. The summed E-state index contributed by atoms with van der Waals surface area (Å²) in [6, 6.07) is 4.62. The third-order valence-corrected chi connectivity index (χ3v) is 2.92. The summed E-state index contributed by atoms with van der Waals surface area (Å²) in [5.74, 6) is -0.258. The molecule has 0 spiro atoms. The van der Waals surface area contributed by atoms with Crippen molar-refractivity contribution in [2.45, 2.75) is 52.4 Å². The van der Waals surface area contributed by atoms with E-state index in [1.807, 2.05) is 0 Å². The zero-order chi connectivity index (χ0) is 22.1. The van der Waals surface area contributed by atoms with Crippen molar-refractivity contribution in [1.29, 1.82) is 0 Å². The first-order valence-electron chi connectivity index (χ1n) is 8.90. The van der Waals surface area contributed by atoms with Crippen LogP contribution in [0.5, 0.6) is 5.88 Å². The second kappa shape index (κ2) is 10.7. The highest BCUT2D eigenvalue weighted by atomic mass is 19.4. The van der Waals surface area contributed by atoms with E-state index in [1.54, 1.807) is 19.1 Å². The predicted octanol–water partition coefficient (Wildman–Crippen LogP) is 2.47. The van der Waals surface area contributed by atoms with Crippen LogP contribution in [0.15, 0.2) is 30.7 Å². The van der Waals surface area contributed by atoms with Gasteiger partial charge in [-0.05, 0) is 39.3 Å². The lowest BCUT2D eigenvalue weighted by Crippen LogP contribution is -2.67. The molecule has 10 heteroatoms. The minimum Gasteiger partial charge on any atom is -0.477 e. The number of hydrogen-bond donors (Lipinski definition) is 2. The molecule has 160 valence electrons. The van der Waals surface area contributed by atoms with Gasteiger partial charge in [-0.2, -0.15) is 13.2 Å². The van der Waals surface area contributed by atoms with E-state index >= 15 is 0 Å². The van der Waals surface area contributed by atoms with Crippen molar-refractivity contribution in [2.75, 3.05) is 6.61 Å². The molecule has 0 aliphatic heterocycles. The lowest BCUT2D eigenvalue weighted by molar-refractivity contribution is -0.458. The molecule has 7 nitrogen and oxygen atoms in total. The van der Waals surface area contributed by atoms with Crippen LogP contribution in [0.1, 0.15) is 48.9 Å². The average Bonchev–Trinajstić information content (AvgIpc) is 2.58. The summed E-state index contributed by atoms with van der Waals surface area (Å²) >= 11 is 0. The van der Waals surface area contributed by atoms with Gasteiger partial charge in [-0.15, -0.1) is 0 Å². The predicted molar refractivity (Wildman–Crippen MR) is 101 cm³/mol. The fourth-order valence-corrected chi connectivity index (χ4v) is 1.72. The molecule has 0 aliphatic rings. The first-order chi connectivity index (χ1) is 13.3. The molecule has 2 heterocycles. The van der Waals surface area contributed by atoms with Gasteiger partial charge in [0, 0.05) is 24.5 Å². The van der Waals surface area contributed by atoms with Crippen LogP contribution < -0.4 is 15.8 Å². The maximum atomic E-state index is 12.0. The van der Waals surface area contributed by atoms with Gasteiger partial charge < -0.3 is 15.8 Å². The number of pyridine rings is 1. The number of aryl methyl sites for hydroxylation is 1. The molecule has 1 amide bonds. The van der Waals surface area contributed by atoms with Crippen molar-refractivity contribution in [3.05, 3.63) is 47.7 Å². The van der Waals surface area contributed by atoms with Crippen LogP contribution in [0, 0.1) is 6.92 Å². The molecule has 2 aromatic rings. The zero-order valence-corrected chi connectivity index (χ0v) is 17.0. The van der Waals surface area contributed by atoms with E-state index in [1.165, 1.54) is 18.6 Å². The highest BCUT2D eigenvalue weighted by molar-refractivity contribution is 5.92. The minimum atomic E-state index is -4.26. The number of carbonyl (C=O) groups is 1. The highest BCUT2D eigenvalue weighted by Gasteiger charge is 2.26. The summed E-state index contributed by atoms with van der Waals surface area (Å²) in [7, 11) is 0. The molecule has 4 N–H and O–H groups in total. The molecule has 2 rings (SSSR count). The fourth-order valence-electron chi connectivity index (χ4n) is 1.72. The van der Waals surface area contributed by atoms with Gasteiger partial charge in [0.1, 0.15) is 12.0 Å². The van der Waals surface area contributed by atoms with E-state index in [0.717, 1.165) is 0 Å². The van der Waals surface area contributed by atoms with E-state index in [-0.39, 0.29) is 29.6 Å². The Balaban J connectivity index is 0.000000749. The number of ether oxygens (including phenoxy) is 1. The molecule has 0 aliphatic carbocycles. The van der Waals surface area contributed by atoms with Crippen molar-refractivity contribution < 1.29 is 28.4 Å². The van der Waals surface area contributed by atoms with Gasteiger partial charge in [0.25, 0.3) is 5.91 Å². The number of amides is 1. The number of rotatable bonds is 6. The van der Waals surface area contributed by atoms with Gasteiger partial charge >= 0.3 is 6.18 Å². The van der Waals surface area contributed by atoms with Crippen LogP contribution in [0.2, 0.25) is 0 Å². The molecular weight excluding hydrogens is 387 g/mol. The van der Waals surface area contributed by atoms with E-state index < -0.39 is 19.2 Å². The summed E-state index contributed by atoms with van der Waals surface area (Å²) in [6.45, 7) is 7.70.